The third-order valence-corrected chi connectivity index (χ3v) is 5.17. The van der Waals surface area contributed by atoms with E-state index in [2.05, 4.69) is 29.5 Å². The molecule has 0 saturated carbocycles. The molecule has 1 aliphatic rings. The smallest absolute Gasteiger partial charge is 0.254 e. The molecule has 1 unspecified atom stereocenters. The molecule has 6 heteroatoms. The fourth-order valence-electron chi connectivity index (χ4n) is 2.23. The number of hydrogen-bond donors (Lipinski definition) is 1. The Hall–Kier alpha value is 0.150. The van der Waals surface area contributed by atoms with Crippen molar-refractivity contribution in [3.8, 4) is 0 Å². The first-order valence-electron chi connectivity index (χ1n) is 5.87. The molecule has 1 aromatic heterocycles. The summed E-state index contributed by atoms with van der Waals surface area (Å²) in [6.07, 6.45) is 2.06. The van der Waals surface area contributed by atoms with E-state index < -0.39 is 0 Å². The highest BCUT2D eigenvalue weighted by Crippen LogP contribution is 2.23. The number of rotatable bonds is 2. The standard InChI is InChI=1S/C12H17IN2OS.ClH/c1-8(14)9-2-4-15(5-3-9)12(16)10-6-11(13)17-7-10;/h6-9H,2-5,14H2,1H3;1H. The number of amides is 1. The van der Waals surface area contributed by atoms with Crippen molar-refractivity contribution in [3.63, 3.8) is 0 Å². The van der Waals surface area contributed by atoms with Gasteiger partial charge in [-0.15, -0.1) is 23.7 Å². The van der Waals surface area contributed by atoms with Crippen molar-refractivity contribution in [2.45, 2.75) is 25.8 Å². The Balaban J connectivity index is 0.00000162. The fraction of sp³-hybridized carbons (Fsp3) is 0.583. The molecule has 0 aliphatic carbocycles. The van der Waals surface area contributed by atoms with Crippen LogP contribution in [-0.2, 0) is 0 Å². The predicted molar refractivity (Wildman–Crippen MR) is 86.6 cm³/mol. The van der Waals surface area contributed by atoms with Crippen molar-refractivity contribution in [2.75, 3.05) is 13.1 Å². The summed E-state index contributed by atoms with van der Waals surface area (Å²) in [6, 6.07) is 2.21. The van der Waals surface area contributed by atoms with Crippen LogP contribution in [0.5, 0.6) is 0 Å². The Bertz CT molecular complexity index is 403. The number of piperidine rings is 1. The van der Waals surface area contributed by atoms with Crippen molar-refractivity contribution < 1.29 is 4.79 Å². The first kappa shape index (κ1) is 16.2. The molecule has 2 heterocycles. The van der Waals surface area contributed by atoms with Crippen LogP contribution in [0.15, 0.2) is 11.4 Å². The molecular formula is C12H18ClIN2OS. The molecule has 1 fully saturated rings. The van der Waals surface area contributed by atoms with Crippen molar-refractivity contribution in [1.82, 2.24) is 4.90 Å². The first-order valence-corrected chi connectivity index (χ1v) is 7.82. The van der Waals surface area contributed by atoms with Crippen molar-refractivity contribution in [3.05, 3.63) is 19.9 Å². The van der Waals surface area contributed by atoms with Crippen LogP contribution < -0.4 is 5.73 Å². The molecule has 1 aliphatic heterocycles. The molecule has 0 radical (unpaired) electrons. The first-order chi connectivity index (χ1) is 8.08. The molecule has 0 bridgehead atoms. The number of hydrogen-bond acceptors (Lipinski definition) is 3. The van der Waals surface area contributed by atoms with Crippen LogP contribution in [0.2, 0.25) is 0 Å². The van der Waals surface area contributed by atoms with E-state index in [-0.39, 0.29) is 24.4 Å². The van der Waals surface area contributed by atoms with Gasteiger partial charge in [0.1, 0.15) is 0 Å². The number of thiophene rings is 1. The lowest BCUT2D eigenvalue weighted by atomic mass is 9.91. The van der Waals surface area contributed by atoms with Gasteiger partial charge in [-0.3, -0.25) is 4.79 Å². The molecule has 3 nitrogen and oxygen atoms in total. The van der Waals surface area contributed by atoms with Gasteiger partial charge >= 0.3 is 0 Å². The predicted octanol–water partition coefficient (Wildman–Crippen LogP) is 2.97. The monoisotopic (exact) mass is 400 g/mol. The average molecular weight is 401 g/mol. The molecule has 0 aromatic carbocycles. The normalized spacial score (nSPS) is 18.3. The highest BCUT2D eigenvalue weighted by atomic mass is 127. The van der Waals surface area contributed by atoms with Crippen LogP contribution in [0.25, 0.3) is 0 Å². The van der Waals surface area contributed by atoms with E-state index in [0.29, 0.717) is 5.92 Å². The number of carbonyl (C=O) groups excluding carboxylic acids is 1. The second-order valence-electron chi connectivity index (χ2n) is 4.63. The zero-order valence-corrected chi connectivity index (χ0v) is 14.1. The molecule has 2 N–H and O–H groups in total. The number of halogens is 2. The Morgan fingerprint density at radius 1 is 1.56 bits per heavy atom. The van der Waals surface area contributed by atoms with Crippen LogP contribution in [-0.4, -0.2) is 29.9 Å². The summed E-state index contributed by atoms with van der Waals surface area (Å²) in [6.45, 7) is 3.75. The molecule has 1 amide bonds. The number of nitrogens with two attached hydrogens (primary N) is 1. The van der Waals surface area contributed by atoms with Crippen LogP contribution in [0.3, 0.4) is 0 Å². The average Bonchev–Trinajstić information content (AvgIpc) is 2.75. The topological polar surface area (TPSA) is 46.3 Å². The van der Waals surface area contributed by atoms with Gasteiger partial charge in [0.15, 0.2) is 0 Å². The van der Waals surface area contributed by atoms with E-state index in [9.17, 15) is 4.79 Å². The fourth-order valence-corrected chi connectivity index (χ4v) is 3.55. The van der Waals surface area contributed by atoms with Gasteiger partial charge in [0, 0.05) is 24.5 Å². The molecular weight excluding hydrogens is 383 g/mol. The van der Waals surface area contributed by atoms with Crippen molar-refractivity contribution >= 4 is 52.2 Å². The maximum absolute atomic E-state index is 12.2. The maximum atomic E-state index is 12.2. The Kier molecular flexibility index (Phi) is 6.37. The van der Waals surface area contributed by atoms with Gasteiger partial charge in [-0.2, -0.15) is 0 Å². The Morgan fingerprint density at radius 3 is 2.61 bits per heavy atom. The van der Waals surface area contributed by atoms with E-state index in [1.165, 1.54) is 0 Å². The second kappa shape index (κ2) is 7.07. The summed E-state index contributed by atoms with van der Waals surface area (Å²) in [5, 5.41) is 1.95. The minimum absolute atomic E-state index is 0. The molecule has 102 valence electrons. The summed E-state index contributed by atoms with van der Waals surface area (Å²) in [7, 11) is 0. The van der Waals surface area contributed by atoms with E-state index >= 15 is 0 Å². The van der Waals surface area contributed by atoms with Gasteiger partial charge in [-0.1, -0.05) is 0 Å². The lowest BCUT2D eigenvalue weighted by Gasteiger charge is -2.33. The van der Waals surface area contributed by atoms with Crippen LogP contribution in [0.4, 0.5) is 0 Å². The van der Waals surface area contributed by atoms with Gasteiger partial charge in [0.25, 0.3) is 5.91 Å². The van der Waals surface area contributed by atoms with Crippen molar-refractivity contribution in [2.24, 2.45) is 11.7 Å². The Labute approximate surface area is 132 Å². The van der Waals surface area contributed by atoms with Gasteiger partial charge in [0.2, 0.25) is 0 Å². The lowest BCUT2D eigenvalue weighted by molar-refractivity contribution is 0.0681. The van der Waals surface area contributed by atoms with E-state index in [0.717, 1.165) is 34.4 Å². The maximum Gasteiger partial charge on any atom is 0.254 e. The van der Waals surface area contributed by atoms with E-state index in [4.69, 9.17) is 5.73 Å². The minimum Gasteiger partial charge on any atom is -0.339 e. The third-order valence-electron chi connectivity index (χ3n) is 3.38. The SMILES string of the molecule is CC(N)C1CCN(C(=O)c2csc(I)c2)CC1.Cl. The highest BCUT2D eigenvalue weighted by Gasteiger charge is 2.25. The third kappa shape index (κ3) is 3.82. The van der Waals surface area contributed by atoms with Gasteiger partial charge in [-0.25, -0.2) is 0 Å². The van der Waals surface area contributed by atoms with Gasteiger partial charge < -0.3 is 10.6 Å². The summed E-state index contributed by atoms with van der Waals surface area (Å²) in [5.41, 5.74) is 6.73. The zero-order valence-electron chi connectivity index (χ0n) is 10.3. The lowest BCUT2D eigenvalue weighted by Crippen LogP contribution is -2.42. The van der Waals surface area contributed by atoms with Gasteiger partial charge in [0.05, 0.1) is 8.45 Å². The molecule has 18 heavy (non-hydrogen) atoms. The number of likely N-dealkylation sites (tertiary alicyclic amines) is 1. The molecule has 2 rings (SSSR count). The summed E-state index contributed by atoms with van der Waals surface area (Å²) in [4.78, 5) is 14.1. The molecule has 0 spiro atoms. The number of nitrogens with zero attached hydrogens (tertiary/aromatic N) is 1. The highest BCUT2D eigenvalue weighted by molar-refractivity contribution is 14.1. The molecule has 1 aromatic rings. The summed E-state index contributed by atoms with van der Waals surface area (Å²) < 4.78 is 1.16. The Morgan fingerprint density at radius 2 is 2.17 bits per heavy atom. The van der Waals surface area contributed by atoms with Crippen LogP contribution in [0.1, 0.15) is 30.1 Å². The van der Waals surface area contributed by atoms with Crippen LogP contribution in [0, 0.1) is 8.80 Å². The van der Waals surface area contributed by atoms with Crippen LogP contribution >= 0.6 is 46.3 Å². The minimum atomic E-state index is 0. The second-order valence-corrected chi connectivity index (χ2v) is 7.43. The zero-order chi connectivity index (χ0) is 12.4. The quantitative estimate of drug-likeness (QED) is 0.776. The largest absolute Gasteiger partial charge is 0.339 e. The van der Waals surface area contributed by atoms with Gasteiger partial charge in [-0.05, 0) is 54.3 Å². The number of carbonyl (C=O) groups is 1. The summed E-state index contributed by atoms with van der Waals surface area (Å²) >= 11 is 3.87. The van der Waals surface area contributed by atoms with Crippen molar-refractivity contribution in [1.29, 1.82) is 0 Å². The molecule has 1 saturated heterocycles. The van der Waals surface area contributed by atoms with E-state index in [1.54, 1.807) is 11.3 Å². The van der Waals surface area contributed by atoms with E-state index in [1.807, 2.05) is 16.3 Å². The summed E-state index contributed by atoms with van der Waals surface area (Å²) in [5.74, 6) is 0.744. The molecule has 1 atom stereocenters.